The zero-order valence-electron chi connectivity index (χ0n) is 6.45. The average Bonchev–Trinajstić information content (AvgIpc) is 2.30. The zero-order chi connectivity index (χ0) is 7.56. The van der Waals surface area contributed by atoms with Crippen LogP contribution < -0.4 is 5.73 Å². The van der Waals surface area contributed by atoms with Gasteiger partial charge in [0, 0.05) is 18.6 Å². The Kier molecular flexibility index (Phi) is 2.65. The van der Waals surface area contributed by atoms with E-state index in [2.05, 4.69) is 11.8 Å². The first-order valence-corrected chi connectivity index (χ1v) is 3.88. The van der Waals surface area contributed by atoms with Crippen LogP contribution in [0, 0.1) is 0 Å². The Morgan fingerprint density at radius 2 is 2.40 bits per heavy atom. The summed E-state index contributed by atoms with van der Waals surface area (Å²) in [5.74, 6) is 0. The highest BCUT2D eigenvalue weighted by atomic mass is 16.3. The van der Waals surface area contributed by atoms with Crippen molar-refractivity contribution in [1.82, 2.24) is 4.90 Å². The summed E-state index contributed by atoms with van der Waals surface area (Å²) in [4.78, 5) is 2.23. The summed E-state index contributed by atoms with van der Waals surface area (Å²) in [5.41, 5.74) is 5.71. The summed E-state index contributed by atoms with van der Waals surface area (Å²) in [5, 5.41) is 8.89. The van der Waals surface area contributed by atoms with Crippen molar-refractivity contribution in [1.29, 1.82) is 0 Å². The maximum Gasteiger partial charge on any atom is 0.0587 e. The number of likely N-dealkylation sites (tertiary alicyclic amines) is 1. The molecule has 1 heterocycles. The van der Waals surface area contributed by atoms with E-state index in [1.165, 1.54) is 0 Å². The van der Waals surface area contributed by atoms with Gasteiger partial charge in [-0.1, -0.05) is 6.92 Å². The minimum atomic E-state index is 0.252. The van der Waals surface area contributed by atoms with Gasteiger partial charge in [0.2, 0.25) is 0 Å². The van der Waals surface area contributed by atoms with E-state index in [1.807, 2.05) is 0 Å². The van der Waals surface area contributed by atoms with Gasteiger partial charge in [-0.2, -0.15) is 0 Å². The van der Waals surface area contributed by atoms with E-state index in [1.54, 1.807) is 0 Å². The Labute approximate surface area is 61.8 Å². The molecule has 0 amide bonds. The van der Waals surface area contributed by atoms with Crippen molar-refractivity contribution in [3.63, 3.8) is 0 Å². The molecule has 60 valence electrons. The number of rotatable bonds is 2. The molecule has 2 atom stereocenters. The van der Waals surface area contributed by atoms with Crippen molar-refractivity contribution in [2.24, 2.45) is 5.73 Å². The Bertz CT molecular complexity index is 95.8. The first-order chi connectivity index (χ1) is 4.77. The van der Waals surface area contributed by atoms with Crippen LogP contribution in [0.15, 0.2) is 0 Å². The monoisotopic (exact) mass is 144 g/mol. The van der Waals surface area contributed by atoms with Crippen LogP contribution in [0.3, 0.4) is 0 Å². The summed E-state index contributed by atoms with van der Waals surface area (Å²) >= 11 is 0. The van der Waals surface area contributed by atoms with Gasteiger partial charge >= 0.3 is 0 Å². The lowest BCUT2D eigenvalue weighted by Crippen LogP contribution is -2.32. The number of hydrogen-bond acceptors (Lipinski definition) is 3. The van der Waals surface area contributed by atoms with E-state index >= 15 is 0 Å². The Morgan fingerprint density at radius 1 is 1.70 bits per heavy atom. The molecule has 0 spiro atoms. The topological polar surface area (TPSA) is 49.5 Å². The molecule has 0 bridgehead atoms. The summed E-state index contributed by atoms with van der Waals surface area (Å²) in [6.07, 6.45) is 0.949. The third-order valence-electron chi connectivity index (χ3n) is 2.18. The summed E-state index contributed by atoms with van der Waals surface area (Å²) in [6.45, 7) is 4.29. The fraction of sp³-hybridized carbons (Fsp3) is 1.00. The lowest BCUT2D eigenvalue weighted by Gasteiger charge is -2.19. The van der Waals surface area contributed by atoms with Gasteiger partial charge < -0.3 is 10.8 Å². The minimum absolute atomic E-state index is 0.252. The number of nitrogens with zero attached hydrogens (tertiary/aromatic N) is 1. The quantitative estimate of drug-likeness (QED) is 0.544. The van der Waals surface area contributed by atoms with Crippen LogP contribution in [-0.2, 0) is 0 Å². The van der Waals surface area contributed by atoms with E-state index < -0.39 is 0 Å². The van der Waals surface area contributed by atoms with Crippen LogP contribution in [0.4, 0.5) is 0 Å². The van der Waals surface area contributed by atoms with Gasteiger partial charge in [0.1, 0.15) is 0 Å². The van der Waals surface area contributed by atoms with Crippen molar-refractivity contribution >= 4 is 0 Å². The largest absolute Gasteiger partial charge is 0.395 e. The van der Waals surface area contributed by atoms with Crippen molar-refractivity contribution in [2.75, 3.05) is 19.7 Å². The van der Waals surface area contributed by atoms with E-state index in [4.69, 9.17) is 10.8 Å². The molecule has 1 aliphatic heterocycles. The molecule has 3 N–H and O–H groups in total. The van der Waals surface area contributed by atoms with Gasteiger partial charge in [-0.25, -0.2) is 0 Å². The Morgan fingerprint density at radius 3 is 2.80 bits per heavy atom. The molecular weight excluding hydrogens is 128 g/mol. The van der Waals surface area contributed by atoms with Gasteiger partial charge in [-0.05, 0) is 13.0 Å². The lowest BCUT2D eigenvalue weighted by atomic mass is 10.2. The van der Waals surface area contributed by atoms with Gasteiger partial charge in [0.25, 0.3) is 0 Å². The SMILES string of the molecule is CCN1CC(N)C[C@H]1CO. The molecular formula is C7H16N2O. The molecule has 0 aromatic heterocycles. The fourth-order valence-electron chi connectivity index (χ4n) is 1.60. The third kappa shape index (κ3) is 1.48. The molecule has 1 unspecified atom stereocenters. The van der Waals surface area contributed by atoms with Crippen molar-refractivity contribution in [3.05, 3.63) is 0 Å². The first-order valence-electron chi connectivity index (χ1n) is 3.88. The van der Waals surface area contributed by atoms with E-state index in [0.29, 0.717) is 6.04 Å². The lowest BCUT2D eigenvalue weighted by molar-refractivity contribution is 0.164. The molecule has 1 saturated heterocycles. The number of hydrogen-bond donors (Lipinski definition) is 2. The minimum Gasteiger partial charge on any atom is -0.395 e. The van der Waals surface area contributed by atoms with E-state index in [9.17, 15) is 0 Å². The molecule has 1 fully saturated rings. The zero-order valence-corrected chi connectivity index (χ0v) is 6.45. The van der Waals surface area contributed by atoms with Gasteiger partial charge in [0.15, 0.2) is 0 Å². The van der Waals surface area contributed by atoms with Crippen LogP contribution in [0.1, 0.15) is 13.3 Å². The number of likely N-dealkylation sites (N-methyl/N-ethyl adjacent to an activating group) is 1. The highest BCUT2D eigenvalue weighted by Crippen LogP contribution is 2.14. The number of aliphatic hydroxyl groups is 1. The molecule has 3 heteroatoms. The summed E-state index contributed by atoms with van der Waals surface area (Å²) < 4.78 is 0. The Balaban J connectivity index is 2.41. The molecule has 0 aromatic rings. The highest BCUT2D eigenvalue weighted by molar-refractivity contribution is 4.85. The molecule has 0 aliphatic carbocycles. The predicted molar refractivity (Wildman–Crippen MR) is 40.7 cm³/mol. The van der Waals surface area contributed by atoms with Crippen molar-refractivity contribution in [2.45, 2.75) is 25.4 Å². The van der Waals surface area contributed by atoms with Crippen LogP contribution in [-0.4, -0.2) is 41.8 Å². The Hall–Kier alpha value is -0.120. The molecule has 0 aromatic carbocycles. The summed E-state index contributed by atoms with van der Waals surface area (Å²) in [7, 11) is 0. The molecule has 1 rings (SSSR count). The third-order valence-corrected chi connectivity index (χ3v) is 2.18. The molecule has 0 radical (unpaired) electrons. The standard InChI is InChI=1S/C7H16N2O/c1-2-9-4-6(8)3-7(9)5-10/h6-7,10H,2-5,8H2,1H3/t6?,7-/m0/s1. The van der Waals surface area contributed by atoms with Crippen LogP contribution in [0.5, 0.6) is 0 Å². The summed E-state index contributed by atoms with van der Waals surface area (Å²) in [6, 6.07) is 0.595. The van der Waals surface area contributed by atoms with Gasteiger partial charge in [-0.15, -0.1) is 0 Å². The molecule has 0 saturated carbocycles. The molecule has 3 nitrogen and oxygen atoms in total. The van der Waals surface area contributed by atoms with E-state index in [-0.39, 0.29) is 12.6 Å². The second-order valence-electron chi connectivity index (χ2n) is 2.92. The second-order valence-corrected chi connectivity index (χ2v) is 2.92. The smallest absolute Gasteiger partial charge is 0.0587 e. The normalized spacial score (nSPS) is 35.1. The second kappa shape index (κ2) is 3.32. The highest BCUT2D eigenvalue weighted by Gasteiger charge is 2.27. The predicted octanol–water partition coefficient (Wildman–Crippen LogP) is -0.600. The fourth-order valence-corrected chi connectivity index (χ4v) is 1.60. The van der Waals surface area contributed by atoms with Crippen LogP contribution in [0.2, 0.25) is 0 Å². The van der Waals surface area contributed by atoms with Gasteiger partial charge in [0.05, 0.1) is 6.61 Å². The van der Waals surface area contributed by atoms with Crippen LogP contribution in [0.25, 0.3) is 0 Å². The molecule has 10 heavy (non-hydrogen) atoms. The van der Waals surface area contributed by atoms with Crippen LogP contribution >= 0.6 is 0 Å². The first kappa shape index (κ1) is 7.98. The van der Waals surface area contributed by atoms with Gasteiger partial charge in [-0.3, -0.25) is 4.90 Å². The maximum atomic E-state index is 8.89. The molecule has 1 aliphatic rings. The van der Waals surface area contributed by atoms with E-state index in [0.717, 1.165) is 19.5 Å². The van der Waals surface area contributed by atoms with Crippen molar-refractivity contribution in [3.8, 4) is 0 Å². The van der Waals surface area contributed by atoms with Crippen molar-refractivity contribution < 1.29 is 5.11 Å². The number of aliphatic hydroxyl groups excluding tert-OH is 1. The maximum absolute atomic E-state index is 8.89. The average molecular weight is 144 g/mol. The number of nitrogens with two attached hydrogens (primary N) is 1.